The zero-order chi connectivity index (χ0) is 20.1. The van der Waals surface area contributed by atoms with Crippen LogP contribution in [-0.2, 0) is 4.79 Å². The monoisotopic (exact) mass is 407 g/mol. The van der Waals surface area contributed by atoms with E-state index in [1.165, 1.54) is 19.3 Å². The summed E-state index contributed by atoms with van der Waals surface area (Å²) in [6.45, 7) is 0.322. The van der Waals surface area contributed by atoms with Gasteiger partial charge in [0.05, 0.1) is 21.7 Å². The van der Waals surface area contributed by atoms with Crippen molar-refractivity contribution >= 4 is 34.1 Å². The summed E-state index contributed by atoms with van der Waals surface area (Å²) < 4.78 is 0. The maximum absolute atomic E-state index is 12.9. The molecule has 1 fully saturated rings. The molecule has 1 saturated carbocycles. The van der Waals surface area contributed by atoms with Crippen molar-refractivity contribution in [2.75, 3.05) is 6.54 Å². The first-order valence-corrected chi connectivity index (χ1v) is 11.1. The average Bonchev–Trinajstić information content (AvgIpc) is 3.28. The average molecular weight is 408 g/mol. The van der Waals surface area contributed by atoms with Crippen LogP contribution in [0.5, 0.6) is 0 Å². The normalized spacial score (nSPS) is 14.6. The number of pyridine rings is 1. The Hall–Kier alpha value is -2.73. The number of nitrogens with one attached hydrogen (secondary N) is 2. The number of nitrogens with zero attached hydrogens (tertiary/aromatic N) is 1. The van der Waals surface area contributed by atoms with E-state index in [1.807, 2.05) is 47.8 Å². The summed E-state index contributed by atoms with van der Waals surface area (Å²) in [5, 5.41) is 8.81. The molecular weight excluding hydrogens is 382 g/mol. The fraction of sp³-hybridized carbons (Fsp3) is 0.348. The van der Waals surface area contributed by atoms with E-state index in [9.17, 15) is 9.59 Å². The summed E-state index contributed by atoms with van der Waals surface area (Å²) in [6, 6.07) is 13.8. The van der Waals surface area contributed by atoms with E-state index >= 15 is 0 Å². The first-order chi connectivity index (χ1) is 14.2. The highest BCUT2D eigenvalue weighted by Gasteiger charge is 2.17. The molecule has 5 nitrogen and oxygen atoms in total. The number of aromatic nitrogens is 1. The molecular formula is C23H25N3O2S. The van der Waals surface area contributed by atoms with Crippen molar-refractivity contribution in [2.24, 2.45) is 0 Å². The summed E-state index contributed by atoms with van der Waals surface area (Å²) >= 11 is 1.60. The van der Waals surface area contributed by atoms with E-state index in [-0.39, 0.29) is 11.8 Å². The van der Waals surface area contributed by atoms with Crippen LogP contribution in [0, 0.1) is 0 Å². The van der Waals surface area contributed by atoms with Crippen LogP contribution >= 0.6 is 11.3 Å². The highest BCUT2D eigenvalue weighted by Crippen LogP contribution is 2.27. The van der Waals surface area contributed by atoms with Crippen LogP contribution in [0.25, 0.3) is 21.5 Å². The number of benzene rings is 1. The van der Waals surface area contributed by atoms with E-state index in [0.717, 1.165) is 34.3 Å². The number of fused-ring (bicyclic) bond motifs is 1. The summed E-state index contributed by atoms with van der Waals surface area (Å²) in [5.41, 5.74) is 2.17. The van der Waals surface area contributed by atoms with E-state index in [1.54, 1.807) is 11.3 Å². The zero-order valence-electron chi connectivity index (χ0n) is 16.3. The van der Waals surface area contributed by atoms with Gasteiger partial charge in [0.15, 0.2) is 0 Å². The van der Waals surface area contributed by atoms with E-state index in [2.05, 4.69) is 10.6 Å². The van der Waals surface area contributed by atoms with Gasteiger partial charge in [-0.1, -0.05) is 43.5 Å². The van der Waals surface area contributed by atoms with Crippen molar-refractivity contribution in [2.45, 2.75) is 44.6 Å². The second-order valence-electron chi connectivity index (χ2n) is 7.46. The van der Waals surface area contributed by atoms with Gasteiger partial charge in [-0.15, -0.1) is 11.3 Å². The van der Waals surface area contributed by atoms with Crippen molar-refractivity contribution in [3.63, 3.8) is 0 Å². The van der Waals surface area contributed by atoms with Crippen molar-refractivity contribution in [3.8, 4) is 10.6 Å². The number of thiophene rings is 1. The predicted octanol–water partition coefficient (Wildman–Crippen LogP) is 4.53. The van der Waals surface area contributed by atoms with Crippen LogP contribution in [0.2, 0.25) is 0 Å². The lowest BCUT2D eigenvalue weighted by Gasteiger charge is -2.22. The Kier molecular flexibility index (Phi) is 6.20. The fourth-order valence-corrected chi connectivity index (χ4v) is 4.53. The smallest absolute Gasteiger partial charge is 0.252 e. The molecule has 1 aromatic carbocycles. The third-order valence-electron chi connectivity index (χ3n) is 5.34. The lowest BCUT2D eigenvalue weighted by molar-refractivity contribution is -0.121. The van der Waals surface area contributed by atoms with Crippen LogP contribution in [0.4, 0.5) is 0 Å². The van der Waals surface area contributed by atoms with Gasteiger partial charge < -0.3 is 10.6 Å². The number of para-hydroxylation sites is 1. The molecule has 2 amide bonds. The number of amides is 2. The Balaban J connectivity index is 1.43. The molecule has 2 heterocycles. The van der Waals surface area contributed by atoms with Gasteiger partial charge in [-0.3, -0.25) is 9.59 Å². The van der Waals surface area contributed by atoms with Gasteiger partial charge in [0, 0.05) is 24.4 Å². The Bertz CT molecular complexity index is 995. The SMILES string of the molecule is O=C(CCNC(=O)c1cc(-c2cccs2)nc2ccccc12)NC1CCCCC1. The predicted molar refractivity (Wildman–Crippen MR) is 117 cm³/mol. The van der Waals surface area contributed by atoms with Crippen LogP contribution in [0.1, 0.15) is 48.9 Å². The first kappa shape index (κ1) is 19.6. The van der Waals surface area contributed by atoms with Gasteiger partial charge in [0.2, 0.25) is 5.91 Å². The molecule has 0 bridgehead atoms. The third-order valence-corrected chi connectivity index (χ3v) is 6.23. The molecule has 2 N–H and O–H groups in total. The Morgan fingerprint density at radius 3 is 2.69 bits per heavy atom. The fourth-order valence-electron chi connectivity index (χ4n) is 3.85. The molecule has 3 aromatic rings. The van der Waals surface area contributed by atoms with Gasteiger partial charge in [-0.2, -0.15) is 0 Å². The largest absolute Gasteiger partial charge is 0.353 e. The number of carbonyl (C=O) groups is 2. The minimum Gasteiger partial charge on any atom is -0.353 e. The molecule has 2 aromatic heterocycles. The Labute approximate surface area is 174 Å². The standard InChI is InChI=1S/C23H25N3O2S/c27-22(25-16-7-2-1-3-8-16)12-13-24-23(28)18-15-20(21-11-6-14-29-21)26-19-10-5-4-9-17(18)19/h4-6,9-11,14-16H,1-3,7-8,12-13H2,(H,24,28)(H,25,27). The van der Waals surface area contributed by atoms with Crippen molar-refractivity contribution < 1.29 is 9.59 Å². The third kappa shape index (κ3) is 4.82. The van der Waals surface area contributed by atoms with Gasteiger partial charge in [0.1, 0.15) is 0 Å². The number of carbonyl (C=O) groups excluding carboxylic acids is 2. The topological polar surface area (TPSA) is 71.1 Å². The van der Waals surface area contributed by atoms with Crippen molar-refractivity contribution in [3.05, 3.63) is 53.4 Å². The highest BCUT2D eigenvalue weighted by molar-refractivity contribution is 7.13. The minimum atomic E-state index is -0.174. The molecule has 1 aliphatic carbocycles. The van der Waals surface area contributed by atoms with Gasteiger partial charge in [-0.05, 0) is 36.4 Å². The molecule has 29 heavy (non-hydrogen) atoms. The molecule has 150 valence electrons. The zero-order valence-corrected chi connectivity index (χ0v) is 17.1. The maximum Gasteiger partial charge on any atom is 0.252 e. The molecule has 0 radical (unpaired) electrons. The quantitative estimate of drug-likeness (QED) is 0.631. The van der Waals surface area contributed by atoms with Gasteiger partial charge in [-0.25, -0.2) is 4.98 Å². The molecule has 0 atom stereocenters. The number of hydrogen-bond acceptors (Lipinski definition) is 4. The first-order valence-electron chi connectivity index (χ1n) is 10.2. The summed E-state index contributed by atoms with van der Waals surface area (Å²) in [4.78, 5) is 30.8. The van der Waals surface area contributed by atoms with E-state index in [4.69, 9.17) is 4.98 Å². The van der Waals surface area contributed by atoms with E-state index in [0.29, 0.717) is 24.6 Å². The van der Waals surface area contributed by atoms with Crippen LogP contribution < -0.4 is 10.6 Å². The van der Waals surface area contributed by atoms with Crippen molar-refractivity contribution in [1.82, 2.24) is 15.6 Å². The second-order valence-corrected chi connectivity index (χ2v) is 8.41. The van der Waals surface area contributed by atoms with Crippen LogP contribution in [0.3, 0.4) is 0 Å². The Morgan fingerprint density at radius 2 is 1.90 bits per heavy atom. The molecule has 6 heteroatoms. The van der Waals surface area contributed by atoms with Crippen molar-refractivity contribution in [1.29, 1.82) is 0 Å². The molecule has 0 saturated heterocycles. The lowest BCUT2D eigenvalue weighted by Crippen LogP contribution is -2.38. The maximum atomic E-state index is 12.9. The molecule has 0 unspecified atom stereocenters. The number of rotatable bonds is 6. The summed E-state index contributed by atoms with van der Waals surface area (Å²) in [5.74, 6) is -0.164. The molecule has 0 aliphatic heterocycles. The lowest BCUT2D eigenvalue weighted by atomic mass is 9.95. The van der Waals surface area contributed by atoms with Gasteiger partial charge >= 0.3 is 0 Å². The number of hydrogen-bond donors (Lipinski definition) is 2. The van der Waals surface area contributed by atoms with Crippen LogP contribution in [0.15, 0.2) is 47.8 Å². The van der Waals surface area contributed by atoms with Gasteiger partial charge in [0.25, 0.3) is 5.91 Å². The minimum absolute atomic E-state index is 0.0102. The second kappa shape index (κ2) is 9.18. The Morgan fingerprint density at radius 1 is 1.07 bits per heavy atom. The van der Waals surface area contributed by atoms with E-state index < -0.39 is 0 Å². The van der Waals surface area contributed by atoms with Crippen LogP contribution in [-0.4, -0.2) is 29.4 Å². The summed E-state index contributed by atoms with van der Waals surface area (Å²) in [7, 11) is 0. The molecule has 1 aliphatic rings. The molecule has 0 spiro atoms. The highest BCUT2D eigenvalue weighted by atomic mass is 32.1. The summed E-state index contributed by atoms with van der Waals surface area (Å²) in [6.07, 6.45) is 6.05. The molecule has 4 rings (SSSR count).